The summed E-state index contributed by atoms with van der Waals surface area (Å²) in [4.78, 5) is 14.0. The average molecular weight is 320 g/mol. The second-order valence-corrected chi connectivity index (χ2v) is 5.15. The van der Waals surface area contributed by atoms with Crippen LogP contribution >= 0.6 is 11.6 Å². The first-order valence-electron chi connectivity index (χ1n) is 6.93. The number of halogens is 1. The summed E-state index contributed by atoms with van der Waals surface area (Å²) in [5.74, 6) is 0.646. The maximum Gasteiger partial charge on any atom is 0.247 e. The summed E-state index contributed by atoms with van der Waals surface area (Å²) in [5.41, 5.74) is 0.919. The molecule has 5 heteroatoms. The molecule has 0 spiro atoms. The van der Waals surface area contributed by atoms with Gasteiger partial charge in [0.05, 0.1) is 19.4 Å². The van der Waals surface area contributed by atoms with Crippen molar-refractivity contribution in [3.05, 3.63) is 65.1 Å². The van der Waals surface area contributed by atoms with E-state index in [2.05, 4.69) is 0 Å². The zero-order valence-electron chi connectivity index (χ0n) is 12.4. The van der Waals surface area contributed by atoms with Gasteiger partial charge in [0.25, 0.3) is 0 Å². The van der Waals surface area contributed by atoms with Crippen LogP contribution < -0.4 is 0 Å². The molecule has 0 fully saturated rings. The van der Waals surface area contributed by atoms with Crippen molar-refractivity contribution in [3.8, 4) is 0 Å². The molecule has 0 aliphatic carbocycles. The van der Waals surface area contributed by atoms with Gasteiger partial charge in [-0.3, -0.25) is 4.79 Å². The van der Waals surface area contributed by atoms with Crippen LogP contribution in [0, 0.1) is 0 Å². The number of benzene rings is 1. The highest BCUT2D eigenvalue weighted by atomic mass is 35.5. The van der Waals surface area contributed by atoms with Gasteiger partial charge in [-0.05, 0) is 35.9 Å². The number of hydrogen-bond donors (Lipinski definition) is 0. The maximum absolute atomic E-state index is 12.3. The fourth-order valence-electron chi connectivity index (χ4n) is 1.91. The van der Waals surface area contributed by atoms with E-state index in [1.54, 1.807) is 48.6 Å². The summed E-state index contributed by atoms with van der Waals surface area (Å²) >= 11 is 5.84. The molecule has 1 amide bonds. The molecule has 4 nitrogen and oxygen atoms in total. The molecule has 0 aliphatic heterocycles. The van der Waals surface area contributed by atoms with Gasteiger partial charge in [0.2, 0.25) is 5.91 Å². The molecular formula is C17H18ClNO3. The third-order valence-corrected chi connectivity index (χ3v) is 3.34. The number of rotatable bonds is 7. The molecule has 0 unspecified atom stereocenters. The number of nitrogens with zero attached hydrogens (tertiary/aromatic N) is 1. The number of carbonyl (C=O) groups is 1. The van der Waals surface area contributed by atoms with Gasteiger partial charge in [-0.1, -0.05) is 23.7 Å². The quantitative estimate of drug-likeness (QED) is 0.732. The number of hydrogen-bond acceptors (Lipinski definition) is 3. The van der Waals surface area contributed by atoms with Gasteiger partial charge < -0.3 is 14.1 Å². The van der Waals surface area contributed by atoms with E-state index in [4.69, 9.17) is 20.8 Å². The van der Waals surface area contributed by atoms with E-state index >= 15 is 0 Å². The molecule has 116 valence electrons. The van der Waals surface area contributed by atoms with Gasteiger partial charge in [0.1, 0.15) is 5.76 Å². The number of methoxy groups -OCH3 is 1. The molecule has 0 aliphatic rings. The molecule has 22 heavy (non-hydrogen) atoms. The third kappa shape index (κ3) is 5.06. The molecule has 0 atom stereocenters. The van der Waals surface area contributed by atoms with E-state index in [9.17, 15) is 4.79 Å². The molecule has 2 rings (SSSR count). The Hall–Kier alpha value is -2.04. The lowest BCUT2D eigenvalue weighted by Crippen LogP contribution is -2.31. The fraction of sp³-hybridized carbons (Fsp3) is 0.235. The van der Waals surface area contributed by atoms with Crippen molar-refractivity contribution >= 4 is 23.6 Å². The van der Waals surface area contributed by atoms with Crippen LogP contribution in [0.4, 0.5) is 0 Å². The SMILES string of the molecule is COCCN(Cc1ccco1)C(=O)/C=C/c1ccc(Cl)cc1. The van der Waals surface area contributed by atoms with E-state index in [0.29, 0.717) is 24.7 Å². The van der Waals surface area contributed by atoms with E-state index in [-0.39, 0.29) is 5.91 Å². The summed E-state index contributed by atoms with van der Waals surface area (Å²) in [5, 5.41) is 0.669. The molecule has 0 saturated carbocycles. The van der Waals surface area contributed by atoms with Crippen LogP contribution in [0.5, 0.6) is 0 Å². The van der Waals surface area contributed by atoms with Crippen molar-refractivity contribution in [2.24, 2.45) is 0 Å². The van der Waals surface area contributed by atoms with Crippen LogP contribution in [-0.4, -0.2) is 31.1 Å². The predicted molar refractivity (Wildman–Crippen MR) is 86.5 cm³/mol. The first-order chi connectivity index (χ1) is 10.7. The van der Waals surface area contributed by atoms with Crippen molar-refractivity contribution in [2.45, 2.75) is 6.54 Å². The van der Waals surface area contributed by atoms with Gasteiger partial charge in [0, 0.05) is 24.8 Å². The third-order valence-electron chi connectivity index (χ3n) is 3.09. The minimum Gasteiger partial charge on any atom is -0.467 e. The zero-order chi connectivity index (χ0) is 15.8. The average Bonchev–Trinajstić information content (AvgIpc) is 3.03. The smallest absolute Gasteiger partial charge is 0.247 e. The second-order valence-electron chi connectivity index (χ2n) is 4.72. The summed E-state index contributed by atoms with van der Waals surface area (Å²) in [6.07, 6.45) is 4.90. The lowest BCUT2D eigenvalue weighted by atomic mass is 10.2. The van der Waals surface area contributed by atoms with Gasteiger partial charge in [-0.15, -0.1) is 0 Å². The molecule has 1 aromatic heterocycles. The summed E-state index contributed by atoms with van der Waals surface area (Å²) < 4.78 is 10.4. The molecule has 0 bridgehead atoms. The number of ether oxygens (including phenoxy) is 1. The number of carbonyl (C=O) groups excluding carboxylic acids is 1. The topological polar surface area (TPSA) is 42.7 Å². The highest BCUT2D eigenvalue weighted by Gasteiger charge is 2.12. The molecule has 2 aromatic rings. The van der Waals surface area contributed by atoms with E-state index < -0.39 is 0 Å². The molecule has 0 radical (unpaired) electrons. The Bertz CT molecular complexity index is 605. The van der Waals surface area contributed by atoms with Crippen molar-refractivity contribution in [3.63, 3.8) is 0 Å². The Balaban J connectivity index is 2.02. The second kappa shape index (κ2) is 8.41. The van der Waals surface area contributed by atoms with Gasteiger partial charge >= 0.3 is 0 Å². The van der Waals surface area contributed by atoms with Crippen LogP contribution in [0.15, 0.2) is 53.2 Å². The van der Waals surface area contributed by atoms with E-state index in [0.717, 1.165) is 11.3 Å². The molecular weight excluding hydrogens is 302 g/mol. The molecule has 0 N–H and O–H groups in total. The Kier molecular flexibility index (Phi) is 6.25. The van der Waals surface area contributed by atoms with Crippen LogP contribution in [0.1, 0.15) is 11.3 Å². The van der Waals surface area contributed by atoms with Gasteiger partial charge in [-0.25, -0.2) is 0 Å². The van der Waals surface area contributed by atoms with Gasteiger partial charge in [-0.2, -0.15) is 0 Å². The Morgan fingerprint density at radius 3 is 2.73 bits per heavy atom. The Morgan fingerprint density at radius 2 is 2.09 bits per heavy atom. The molecule has 1 heterocycles. The van der Waals surface area contributed by atoms with Crippen molar-refractivity contribution in [1.82, 2.24) is 4.90 Å². The highest BCUT2D eigenvalue weighted by molar-refractivity contribution is 6.30. The van der Waals surface area contributed by atoms with Crippen LogP contribution in [0.25, 0.3) is 6.08 Å². The monoisotopic (exact) mass is 319 g/mol. The standard InChI is InChI=1S/C17H18ClNO3/c1-21-12-10-19(13-16-3-2-11-22-16)17(20)9-6-14-4-7-15(18)8-5-14/h2-9,11H,10,12-13H2,1H3/b9-6+. The lowest BCUT2D eigenvalue weighted by molar-refractivity contribution is -0.127. The van der Waals surface area contributed by atoms with Gasteiger partial charge in [0.15, 0.2) is 0 Å². The van der Waals surface area contributed by atoms with Crippen molar-refractivity contribution in [1.29, 1.82) is 0 Å². The molecule has 1 aromatic carbocycles. The largest absolute Gasteiger partial charge is 0.467 e. The summed E-state index contributed by atoms with van der Waals surface area (Å²) in [7, 11) is 1.61. The number of amides is 1. The normalized spacial score (nSPS) is 11.0. The first kappa shape index (κ1) is 16.3. The van der Waals surface area contributed by atoms with Crippen molar-refractivity contribution < 1.29 is 13.9 Å². The summed E-state index contributed by atoms with van der Waals surface area (Å²) in [6, 6.07) is 10.9. The first-order valence-corrected chi connectivity index (χ1v) is 7.30. The van der Waals surface area contributed by atoms with Crippen LogP contribution in [-0.2, 0) is 16.1 Å². The summed E-state index contributed by atoms with van der Waals surface area (Å²) in [6.45, 7) is 1.39. The zero-order valence-corrected chi connectivity index (χ0v) is 13.1. The Morgan fingerprint density at radius 1 is 1.32 bits per heavy atom. The molecule has 0 saturated heterocycles. The van der Waals surface area contributed by atoms with E-state index in [1.807, 2.05) is 18.2 Å². The fourth-order valence-corrected chi connectivity index (χ4v) is 2.03. The Labute approximate surface area is 134 Å². The van der Waals surface area contributed by atoms with Crippen molar-refractivity contribution in [2.75, 3.05) is 20.3 Å². The lowest BCUT2D eigenvalue weighted by Gasteiger charge is -2.19. The predicted octanol–water partition coefficient (Wildman–Crippen LogP) is 3.62. The minimum atomic E-state index is -0.0941. The highest BCUT2D eigenvalue weighted by Crippen LogP contribution is 2.11. The maximum atomic E-state index is 12.3. The van der Waals surface area contributed by atoms with Crippen LogP contribution in [0.2, 0.25) is 5.02 Å². The van der Waals surface area contributed by atoms with E-state index in [1.165, 1.54) is 0 Å². The van der Waals surface area contributed by atoms with Crippen LogP contribution in [0.3, 0.4) is 0 Å². The minimum absolute atomic E-state index is 0.0941. The number of furan rings is 1.